The fourth-order valence-corrected chi connectivity index (χ4v) is 7.63. The van der Waals surface area contributed by atoms with Gasteiger partial charge in [-0.25, -0.2) is 13.4 Å². The van der Waals surface area contributed by atoms with E-state index in [0.29, 0.717) is 23.0 Å². The third-order valence-electron chi connectivity index (χ3n) is 6.40. The van der Waals surface area contributed by atoms with Gasteiger partial charge in [-0.15, -0.1) is 11.8 Å². The van der Waals surface area contributed by atoms with Gasteiger partial charge in [-0.3, -0.25) is 9.69 Å². The lowest BCUT2D eigenvalue weighted by molar-refractivity contribution is 0.0983. The van der Waals surface area contributed by atoms with E-state index in [1.807, 2.05) is 31.4 Å². The number of benzene rings is 2. The molecule has 7 nitrogen and oxygen atoms in total. The van der Waals surface area contributed by atoms with Crippen molar-refractivity contribution < 1.29 is 17.6 Å². The van der Waals surface area contributed by atoms with Gasteiger partial charge in [0.05, 0.1) is 27.9 Å². The van der Waals surface area contributed by atoms with Crippen molar-refractivity contribution in [2.24, 2.45) is 0 Å². The molecule has 2 aromatic carbocycles. The standard InChI is InChI=1S/C26H27N3O4S3/c1-18-6-3-4-14-29(18)36(31,32)22-11-8-19(9-12-22)25(30)28(17-20-7-5-15-33-20)26-27-23-13-10-21(34-2)16-24(23)35-26/h5,7-13,15-16,18H,3-4,6,14,17H2,1-2H3. The van der Waals surface area contributed by atoms with Crippen LogP contribution in [0.1, 0.15) is 42.3 Å². The molecule has 1 fully saturated rings. The molecule has 188 valence electrons. The van der Waals surface area contributed by atoms with E-state index in [0.717, 1.165) is 34.4 Å². The Kier molecular flexibility index (Phi) is 7.21. The van der Waals surface area contributed by atoms with E-state index in [2.05, 4.69) is 6.07 Å². The van der Waals surface area contributed by atoms with Crippen molar-refractivity contribution in [3.05, 3.63) is 72.2 Å². The smallest absolute Gasteiger partial charge is 0.260 e. The first kappa shape index (κ1) is 25.0. The number of anilines is 1. The van der Waals surface area contributed by atoms with E-state index >= 15 is 0 Å². The molecule has 4 aromatic rings. The van der Waals surface area contributed by atoms with Gasteiger partial charge in [0, 0.05) is 23.0 Å². The molecular weight excluding hydrogens is 515 g/mol. The molecule has 0 radical (unpaired) electrons. The number of aromatic nitrogens is 1. The predicted octanol–water partition coefficient (Wildman–Crippen LogP) is 6.02. The van der Waals surface area contributed by atoms with Gasteiger partial charge in [0.1, 0.15) is 5.76 Å². The van der Waals surface area contributed by atoms with E-state index in [9.17, 15) is 13.2 Å². The second-order valence-electron chi connectivity index (χ2n) is 8.79. The van der Waals surface area contributed by atoms with Crippen LogP contribution in [0.3, 0.4) is 0 Å². The molecule has 0 saturated carbocycles. The quantitative estimate of drug-likeness (QED) is 0.266. The fraction of sp³-hybridized carbons (Fsp3) is 0.308. The zero-order chi connectivity index (χ0) is 25.3. The summed E-state index contributed by atoms with van der Waals surface area (Å²) in [5, 5.41) is 0.559. The van der Waals surface area contributed by atoms with Gasteiger partial charge in [0.25, 0.3) is 5.91 Å². The maximum atomic E-state index is 13.7. The van der Waals surface area contributed by atoms with Gasteiger partial charge in [0.2, 0.25) is 10.0 Å². The van der Waals surface area contributed by atoms with Crippen LogP contribution in [-0.4, -0.2) is 42.5 Å². The molecule has 2 aromatic heterocycles. The number of hydrogen-bond acceptors (Lipinski definition) is 7. The van der Waals surface area contributed by atoms with E-state index < -0.39 is 10.0 Å². The highest BCUT2D eigenvalue weighted by atomic mass is 32.2. The molecule has 1 aliphatic heterocycles. The summed E-state index contributed by atoms with van der Waals surface area (Å²) in [6, 6.07) is 15.8. The van der Waals surface area contributed by atoms with Crippen LogP contribution >= 0.6 is 23.1 Å². The number of fused-ring (bicyclic) bond motifs is 1. The maximum Gasteiger partial charge on any atom is 0.260 e. The number of piperidine rings is 1. The van der Waals surface area contributed by atoms with Gasteiger partial charge in [-0.05, 0) is 80.6 Å². The van der Waals surface area contributed by atoms with Crippen LogP contribution in [0.15, 0.2) is 75.1 Å². The second kappa shape index (κ2) is 10.4. The van der Waals surface area contributed by atoms with Crippen LogP contribution in [0.5, 0.6) is 0 Å². The van der Waals surface area contributed by atoms with E-state index in [-0.39, 0.29) is 23.4 Å². The van der Waals surface area contributed by atoms with Crippen LogP contribution in [0.25, 0.3) is 10.2 Å². The molecule has 0 spiro atoms. The summed E-state index contributed by atoms with van der Waals surface area (Å²) in [4.78, 5) is 21.3. The largest absolute Gasteiger partial charge is 0.467 e. The van der Waals surface area contributed by atoms with Gasteiger partial charge < -0.3 is 4.42 Å². The van der Waals surface area contributed by atoms with E-state index in [4.69, 9.17) is 9.40 Å². The summed E-state index contributed by atoms with van der Waals surface area (Å²) in [6.45, 7) is 2.69. The van der Waals surface area contributed by atoms with Crippen LogP contribution in [0.4, 0.5) is 5.13 Å². The van der Waals surface area contributed by atoms with Crippen LogP contribution < -0.4 is 4.90 Å². The fourth-order valence-electron chi connectivity index (χ4n) is 4.41. The highest BCUT2D eigenvalue weighted by molar-refractivity contribution is 7.98. The first-order valence-corrected chi connectivity index (χ1v) is 15.3. The van der Waals surface area contributed by atoms with Crippen molar-refractivity contribution in [2.45, 2.75) is 48.6 Å². The molecule has 0 bridgehead atoms. The number of carbonyl (C=O) groups is 1. The van der Waals surface area contributed by atoms with Gasteiger partial charge >= 0.3 is 0 Å². The number of nitrogens with zero attached hydrogens (tertiary/aromatic N) is 3. The topological polar surface area (TPSA) is 83.7 Å². The third kappa shape index (κ3) is 4.95. The Balaban J connectivity index is 1.46. The number of furan rings is 1. The Hall–Kier alpha value is -2.66. The van der Waals surface area contributed by atoms with Crippen molar-refractivity contribution >= 4 is 54.4 Å². The minimum absolute atomic E-state index is 0.0282. The zero-order valence-electron chi connectivity index (χ0n) is 20.1. The Morgan fingerprint density at radius 1 is 1.19 bits per heavy atom. The molecule has 0 aliphatic carbocycles. The normalized spacial score (nSPS) is 16.9. The SMILES string of the molecule is CSc1ccc2nc(N(Cc3ccco3)C(=O)c3ccc(S(=O)(=O)N4CCCCC4C)cc3)sc2c1. The zero-order valence-corrected chi connectivity index (χ0v) is 22.5. The summed E-state index contributed by atoms with van der Waals surface area (Å²) in [5.74, 6) is 0.358. The summed E-state index contributed by atoms with van der Waals surface area (Å²) in [6.07, 6.45) is 6.35. The third-order valence-corrected chi connectivity index (χ3v) is 10.2. The van der Waals surface area contributed by atoms with Crippen molar-refractivity contribution in [1.29, 1.82) is 0 Å². The molecule has 5 rings (SSSR count). The van der Waals surface area contributed by atoms with Crippen molar-refractivity contribution in [1.82, 2.24) is 9.29 Å². The molecule has 1 unspecified atom stereocenters. The summed E-state index contributed by atoms with van der Waals surface area (Å²) >= 11 is 3.10. The van der Waals surface area contributed by atoms with E-state index in [1.54, 1.807) is 45.4 Å². The molecule has 1 amide bonds. The monoisotopic (exact) mass is 541 g/mol. The number of carbonyl (C=O) groups excluding carboxylic acids is 1. The summed E-state index contributed by atoms with van der Waals surface area (Å²) in [5.41, 5.74) is 1.21. The number of hydrogen-bond donors (Lipinski definition) is 0. The highest BCUT2D eigenvalue weighted by Gasteiger charge is 2.31. The van der Waals surface area contributed by atoms with Gasteiger partial charge in [-0.2, -0.15) is 4.31 Å². The lowest BCUT2D eigenvalue weighted by Gasteiger charge is -2.32. The molecule has 10 heteroatoms. The molecule has 1 saturated heterocycles. The summed E-state index contributed by atoms with van der Waals surface area (Å²) in [7, 11) is -3.61. The second-order valence-corrected chi connectivity index (χ2v) is 12.6. The molecule has 0 N–H and O–H groups in total. The molecule has 3 heterocycles. The number of amides is 1. The molecule has 36 heavy (non-hydrogen) atoms. The lowest BCUT2D eigenvalue weighted by atomic mass is 10.1. The number of thiazole rings is 1. The average molecular weight is 542 g/mol. The Morgan fingerprint density at radius 3 is 2.69 bits per heavy atom. The maximum absolute atomic E-state index is 13.7. The van der Waals surface area contributed by atoms with Crippen LogP contribution in [-0.2, 0) is 16.6 Å². The minimum Gasteiger partial charge on any atom is -0.467 e. The van der Waals surface area contributed by atoms with Crippen LogP contribution in [0.2, 0.25) is 0 Å². The Morgan fingerprint density at radius 2 is 2.00 bits per heavy atom. The average Bonchev–Trinajstić information content (AvgIpc) is 3.56. The lowest BCUT2D eigenvalue weighted by Crippen LogP contribution is -2.41. The van der Waals surface area contributed by atoms with Crippen molar-refractivity contribution in [3.8, 4) is 0 Å². The van der Waals surface area contributed by atoms with Crippen molar-refractivity contribution in [2.75, 3.05) is 17.7 Å². The Labute approximate surface area is 219 Å². The predicted molar refractivity (Wildman–Crippen MR) is 144 cm³/mol. The summed E-state index contributed by atoms with van der Waals surface area (Å²) < 4.78 is 34.5. The van der Waals surface area contributed by atoms with Crippen molar-refractivity contribution in [3.63, 3.8) is 0 Å². The van der Waals surface area contributed by atoms with Gasteiger partial charge in [0.15, 0.2) is 5.13 Å². The van der Waals surface area contributed by atoms with E-state index in [1.165, 1.54) is 23.5 Å². The molecule has 1 atom stereocenters. The number of sulfonamides is 1. The Bertz CT molecular complexity index is 1460. The molecular formula is C26H27N3O4S3. The number of rotatable bonds is 7. The first-order chi connectivity index (χ1) is 17.4. The minimum atomic E-state index is -3.61. The van der Waals surface area contributed by atoms with Gasteiger partial charge in [-0.1, -0.05) is 17.8 Å². The number of thioether (sulfide) groups is 1. The highest BCUT2D eigenvalue weighted by Crippen LogP contribution is 2.33. The van der Waals surface area contributed by atoms with Crippen LogP contribution in [0, 0.1) is 0 Å². The first-order valence-electron chi connectivity index (χ1n) is 11.8. The molecule has 1 aliphatic rings.